The first kappa shape index (κ1) is 8.76. The summed E-state index contributed by atoms with van der Waals surface area (Å²) in [5.74, 6) is 0.757. The van der Waals surface area contributed by atoms with Gasteiger partial charge in [0.15, 0.2) is 0 Å². The molecular formula is C12H17N. The van der Waals surface area contributed by atoms with Gasteiger partial charge in [0.05, 0.1) is 0 Å². The standard InChI is InChI=1S/C12H17N/c1-9(2)6-10-4-3-5-11-7-13-8-12(10)11/h3-5,9,13H,6-8H2,1-2H3. The highest BCUT2D eigenvalue weighted by molar-refractivity contribution is 5.37. The summed E-state index contributed by atoms with van der Waals surface area (Å²) in [5.41, 5.74) is 4.59. The van der Waals surface area contributed by atoms with Crippen molar-refractivity contribution in [3.05, 3.63) is 34.9 Å². The number of hydrogen-bond acceptors (Lipinski definition) is 1. The topological polar surface area (TPSA) is 12.0 Å². The summed E-state index contributed by atoms with van der Waals surface area (Å²) >= 11 is 0. The van der Waals surface area contributed by atoms with Gasteiger partial charge in [-0.2, -0.15) is 0 Å². The minimum Gasteiger partial charge on any atom is -0.309 e. The summed E-state index contributed by atoms with van der Waals surface area (Å²) in [5, 5.41) is 3.40. The monoisotopic (exact) mass is 175 g/mol. The van der Waals surface area contributed by atoms with Crippen LogP contribution in [0.2, 0.25) is 0 Å². The molecule has 1 aromatic rings. The van der Waals surface area contributed by atoms with Crippen LogP contribution in [0.25, 0.3) is 0 Å². The van der Waals surface area contributed by atoms with Gasteiger partial charge in [-0.15, -0.1) is 0 Å². The van der Waals surface area contributed by atoms with Crippen LogP contribution in [-0.4, -0.2) is 0 Å². The van der Waals surface area contributed by atoms with E-state index in [-0.39, 0.29) is 0 Å². The van der Waals surface area contributed by atoms with Crippen molar-refractivity contribution in [2.75, 3.05) is 0 Å². The molecule has 1 N–H and O–H groups in total. The zero-order valence-electron chi connectivity index (χ0n) is 8.43. The zero-order valence-corrected chi connectivity index (χ0v) is 8.43. The van der Waals surface area contributed by atoms with E-state index >= 15 is 0 Å². The van der Waals surface area contributed by atoms with Crippen LogP contribution in [0, 0.1) is 5.92 Å². The second kappa shape index (κ2) is 3.51. The molecule has 70 valence electrons. The minimum absolute atomic E-state index is 0.757. The van der Waals surface area contributed by atoms with E-state index in [1.54, 1.807) is 5.56 Å². The first-order chi connectivity index (χ1) is 6.27. The van der Waals surface area contributed by atoms with Gasteiger partial charge in [-0.25, -0.2) is 0 Å². The maximum Gasteiger partial charge on any atom is 0.0214 e. The molecule has 1 aliphatic heterocycles. The number of nitrogens with one attached hydrogen (secondary N) is 1. The van der Waals surface area contributed by atoms with Crippen LogP contribution in [0.15, 0.2) is 18.2 Å². The Labute approximate surface area is 80.2 Å². The molecule has 1 heteroatoms. The van der Waals surface area contributed by atoms with Gasteiger partial charge in [0.25, 0.3) is 0 Å². The van der Waals surface area contributed by atoms with Crippen LogP contribution in [0.5, 0.6) is 0 Å². The largest absolute Gasteiger partial charge is 0.309 e. The van der Waals surface area contributed by atoms with Crippen molar-refractivity contribution in [2.24, 2.45) is 5.92 Å². The summed E-state index contributed by atoms with van der Waals surface area (Å²) in [6.07, 6.45) is 1.21. The highest BCUT2D eigenvalue weighted by Crippen LogP contribution is 2.21. The Hall–Kier alpha value is -0.820. The van der Waals surface area contributed by atoms with Crippen LogP contribution in [0.1, 0.15) is 30.5 Å². The highest BCUT2D eigenvalue weighted by Gasteiger charge is 2.13. The molecule has 0 radical (unpaired) electrons. The second-order valence-electron chi connectivity index (χ2n) is 4.26. The van der Waals surface area contributed by atoms with Crippen LogP contribution in [0.4, 0.5) is 0 Å². The Kier molecular flexibility index (Phi) is 2.36. The second-order valence-corrected chi connectivity index (χ2v) is 4.26. The zero-order chi connectivity index (χ0) is 9.26. The number of rotatable bonds is 2. The molecule has 13 heavy (non-hydrogen) atoms. The Morgan fingerprint density at radius 2 is 2.15 bits per heavy atom. The first-order valence-corrected chi connectivity index (χ1v) is 5.07. The van der Waals surface area contributed by atoms with Crippen molar-refractivity contribution >= 4 is 0 Å². The summed E-state index contributed by atoms with van der Waals surface area (Å²) < 4.78 is 0. The molecule has 0 aliphatic carbocycles. The van der Waals surface area contributed by atoms with Gasteiger partial charge in [-0.1, -0.05) is 32.0 Å². The lowest BCUT2D eigenvalue weighted by atomic mass is 9.96. The van der Waals surface area contributed by atoms with Crippen molar-refractivity contribution in [2.45, 2.75) is 33.4 Å². The summed E-state index contributed by atoms with van der Waals surface area (Å²) in [6, 6.07) is 6.69. The van der Waals surface area contributed by atoms with Gasteiger partial charge in [0, 0.05) is 13.1 Å². The van der Waals surface area contributed by atoms with Crippen molar-refractivity contribution in [3.8, 4) is 0 Å². The van der Waals surface area contributed by atoms with Crippen molar-refractivity contribution in [1.29, 1.82) is 0 Å². The van der Waals surface area contributed by atoms with E-state index in [2.05, 4.69) is 37.4 Å². The van der Waals surface area contributed by atoms with Crippen molar-refractivity contribution < 1.29 is 0 Å². The van der Waals surface area contributed by atoms with Crippen LogP contribution in [0.3, 0.4) is 0 Å². The third kappa shape index (κ3) is 1.75. The normalized spacial score (nSPS) is 15.0. The van der Waals surface area contributed by atoms with E-state index in [4.69, 9.17) is 0 Å². The number of fused-ring (bicyclic) bond motifs is 1. The fourth-order valence-electron chi connectivity index (χ4n) is 2.03. The highest BCUT2D eigenvalue weighted by atomic mass is 14.9. The smallest absolute Gasteiger partial charge is 0.0214 e. The molecule has 0 spiro atoms. The molecular weight excluding hydrogens is 158 g/mol. The molecule has 0 aromatic heterocycles. The SMILES string of the molecule is CC(C)Cc1cccc2c1CNC2. The Bertz CT molecular complexity index is 302. The van der Waals surface area contributed by atoms with Gasteiger partial charge in [-0.05, 0) is 29.0 Å². The lowest BCUT2D eigenvalue weighted by Crippen LogP contribution is -2.02. The van der Waals surface area contributed by atoms with Crippen molar-refractivity contribution in [3.63, 3.8) is 0 Å². The molecule has 0 unspecified atom stereocenters. The van der Waals surface area contributed by atoms with Crippen molar-refractivity contribution in [1.82, 2.24) is 5.32 Å². The van der Waals surface area contributed by atoms with E-state index in [9.17, 15) is 0 Å². The third-order valence-electron chi connectivity index (χ3n) is 2.62. The first-order valence-electron chi connectivity index (χ1n) is 5.07. The molecule has 0 saturated carbocycles. The molecule has 0 saturated heterocycles. The fourth-order valence-corrected chi connectivity index (χ4v) is 2.03. The summed E-state index contributed by atoms with van der Waals surface area (Å²) in [4.78, 5) is 0. The summed E-state index contributed by atoms with van der Waals surface area (Å²) in [7, 11) is 0. The number of benzene rings is 1. The molecule has 1 aromatic carbocycles. The summed E-state index contributed by atoms with van der Waals surface area (Å²) in [6.45, 7) is 6.68. The Morgan fingerprint density at radius 3 is 2.92 bits per heavy atom. The third-order valence-corrected chi connectivity index (χ3v) is 2.62. The molecule has 1 heterocycles. The molecule has 0 bridgehead atoms. The van der Waals surface area contributed by atoms with Gasteiger partial charge >= 0.3 is 0 Å². The van der Waals surface area contributed by atoms with Gasteiger partial charge in [0.2, 0.25) is 0 Å². The fraction of sp³-hybridized carbons (Fsp3) is 0.500. The molecule has 0 amide bonds. The van der Waals surface area contributed by atoms with E-state index in [1.165, 1.54) is 17.5 Å². The minimum atomic E-state index is 0.757. The quantitative estimate of drug-likeness (QED) is 0.728. The lowest BCUT2D eigenvalue weighted by molar-refractivity contribution is 0.641. The lowest BCUT2D eigenvalue weighted by Gasteiger charge is -2.09. The maximum absolute atomic E-state index is 3.40. The Balaban J connectivity index is 2.30. The number of hydrogen-bond donors (Lipinski definition) is 1. The van der Waals surface area contributed by atoms with E-state index < -0.39 is 0 Å². The van der Waals surface area contributed by atoms with Gasteiger partial charge < -0.3 is 5.32 Å². The molecule has 1 aliphatic rings. The van der Waals surface area contributed by atoms with Gasteiger partial charge in [0.1, 0.15) is 0 Å². The van der Waals surface area contributed by atoms with Crippen LogP contribution in [-0.2, 0) is 19.5 Å². The molecule has 1 nitrogen and oxygen atoms in total. The van der Waals surface area contributed by atoms with E-state index in [0.29, 0.717) is 0 Å². The van der Waals surface area contributed by atoms with Crippen LogP contribution < -0.4 is 5.32 Å². The van der Waals surface area contributed by atoms with Crippen LogP contribution >= 0.6 is 0 Å². The maximum atomic E-state index is 3.40. The average Bonchev–Trinajstić information content (AvgIpc) is 2.51. The molecule has 0 atom stereocenters. The average molecular weight is 175 g/mol. The van der Waals surface area contributed by atoms with E-state index in [0.717, 1.165) is 19.0 Å². The Morgan fingerprint density at radius 1 is 1.31 bits per heavy atom. The predicted octanol–water partition coefficient (Wildman–Crippen LogP) is 2.49. The van der Waals surface area contributed by atoms with E-state index in [1.807, 2.05) is 0 Å². The molecule has 0 fully saturated rings. The predicted molar refractivity (Wildman–Crippen MR) is 55.5 cm³/mol. The molecule has 2 rings (SSSR count). The van der Waals surface area contributed by atoms with Gasteiger partial charge in [-0.3, -0.25) is 0 Å².